The van der Waals surface area contributed by atoms with Crippen molar-refractivity contribution in [1.82, 2.24) is 4.57 Å². The standard InChI is InChI=1S/C16H13NO4S/c1-17-8-9(3-6-14(17)18)10-4-5-12(21-2)11-7-13(16(19)20)22-15(10)11/h3-8H,1-2H3,(H,19,20). The Labute approximate surface area is 130 Å². The van der Waals surface area contributed by atoms with Crippen molar-refractivity contribution in [3.63, 3.8) is 0 Å². The highest BCUT2D eigenvalue weighted by Gasteiger charge is 2.16. The number of fused-ring (bicyclic) bond motifs is 1. The number of ether oxygens (including phenoxy) is 1. The van der Waals surface area contributed by atoms with Gasteiger partial charge in [0.2, 0.25) is 5.56 Å². The Kier molecular flexibility index (Phi) is 3.46. The molecule has 3 rings (SSSR count). The van der Waals surface area contributed by atoms with Crippen LogP contribution in [0, 0.1) is 0 Å². The quantitative estimate of drug-likeness (QED) is 0.807. The number of aromatic nitrogens is 1. The van der Waals surface area contributed by atoms with Gasteiger partial charge in [0, 0.05) is 35.0 Å². The molecule has 0 fully saturated rings. The number of hydrogen-bond donors (Lipinski definition) is 1. The number of carboxylic acid groups (broad SMARTS) is 1. The molecule has 3 aromatic rings. The first-order valence-corrected chi connectivity index (χ1v) is 7.34. The Morgan fingerprint density at radius 3 is 2.68 bits per heavy atom. The van der Waals surface area contributed by atoms with Crippen LogP contribution in [0.3, 0.4) is 0 Å². The molecule has 112 valence electrons. The fraction of sp³-hybridized carbons (Fsp3) is 0.125. The SMILES string of the molecule is COc1ccc(-c2ccc(=O)n(C)c2)c2sc(C(=O)O)cc12. The second-order valence-corrected chi connectivity index (χ2v) is 5.89. The second kappa shape index (κ2) is 5.31. The van der Waals surface area contributed by atoms with Gasteiger partial charge in [-0.1, -0.05) is 0 Å². The average Bonchev–Trinajstić information content (AvgIpc) is 2.94. The molecule has 1 aromatic carbocycles. The Balaban J connectivity index is 2.31. The molecule has 2 aromatic heterocycles. The molecule has 0 amide bonds. The summed E-state index contributed by atoms with van der Waals surface area (Å²) in [5.74, 6) is -0.331. The Morgan fingerprint density at radius 1 is 1.27 bits per heavy atom. The number of carboxylic acids is 1. The van der Waals surface area contributed by atoms with Crippen LogP contribution in [0.4, 0.5) is 0 Å². The van der Waals surface area contributed by atoms with Crippen molar-refractivity contribution in [3.8, 4) is 16.9 Å². The highest BCUT2D eigenvalue weighted by molar-refractivity contribution is 7.21. The first-order valence-electron chi connectivity index (χ1n) is 6.52. The number of pyridine rings is 1. The lowest BCUT2D eigenvalue weighted by atomic mass is 10.1. The molecule has 1 N–H and O–H groups in total. The smallest absolute Gasteiger partial charge is 0.345 e. The van der Waals surface area contributed by atoms with Gasteiger partial charge in [-0.2, -0.15) is 0 Å². The Morgan fingerprint density at radius 2 is 2.05 bits per heavy atom. The zero-order valence-corrected chi connectivity index (χ0v) is 12.8. The van der Waals surface area contributed by atoms with Crippen LogP contribution in [0.1, 0.15) is 9.67 Å². The van der Waals surface area contributed by atoms with Crippen LogP contribution in [0.25, 0.3) is 21.2 Å². The summed E-state index contributed by atoms with van der Waals surface area (Å²) in [5, 5.41) is 9.98. The molecule has 22 heavy (non-hydrogen) atoms. The molecule has 6 heteroatoms. The number of hydrogen-bond acceptors (Lipinski definition) is 4. The van der Waals surface area contributed by atoms with Crippen LogP contribution in [0.2, 0.25) is 0 Å². The third-order valence-corrected chi connectivity index (χ3v) is 4.63. The fourth-order valence-electron chi connectivity index (χ4n) is 2.36. The van der Waals surface area contributed by atoms with Crippen LogP contribution in [-0.2, 0) is 7.05 Å². The van der Waals surface area contributed by atoms with Crippen molar-refractivity contribution in [3.05, 3.63) is 51.8 Å². The van der Waals surface area contributed by atoms with Crippen molar-refractivity contribution >= 4 is 27.4 Å². The summed E-state index contributed by atoms with van der Waals surface area (Å²) in [5.41, 5.74) is 1.64. The first-order chi connectivity index (χ1) is 10.5. The predicted octanol–water partition coefficient (Wildman–Crippen LogP) is 2.97. The average molecular weight is 315 g/mol. The minimum atomic E-state index is -0.963. The van der Waals surface area contributed by atoms with Gasteiger partial charge in [0.15, 0.2) is 0 Å². The lowest BCUT2D eigenvalue weighted by Gasteiger charge is -2.08. The number of nitrogens with zero attached hydrogens (tertiary/aromatic N) is 1. The second-order valence-electron chi connectivity index (χ2n) is 4.84. The number of benzene rings is 1. The Hall–Kier alpha value is -2.60. The molecule has 0 saturated carbocycles. The molecule has 0 aliphatic rings. The van der Waals surface area contributed by atoms with Crippen molar-refractivity contribution in [2.24, 2.45) is 7.05 Å². The van der Waals surface area contributed by atoms with Gasteiger partial charge in [-0.25, -0.2) is 4.79 Å². The number of thiophene rings is 1. The van der Waals surface area contributed by atoms with Gasteiger partial charge < -0.3 is 14.4 Å². The summed E-state index contributed by atoms with van der Waals surface area (Å²) in [6, 6.07) is 8.54. The molecular formula is C16H13NO4S. The molecule has 0 radical (unpaired) electrons. The summed E-state index contributed by atoms with van der Waals surface area (Å²) in [6.45, 7) is 0. The molecule has 0 spiro atoms. The fourth-order valence-corrected chi connectivity index (χ4v) is 3.41. The van der Waals surface area contributed by atoms with E-state index in [4.69, 9.17) is 4.74 Å². The van der Waals surface area contributed by atoms with E-state index in [9.17, 15) is 14.7 Å². The summed E-state index contributed by atoms with van der Waals surface area (Å²) in [4.78, 5) is 23.0. The number of rotatable bonds is 3. The van der Waals surface area contributed by atoms with Crippen LogP contribution in [-0.4, -0.2) is 22.8 Å². The normalized spacial score (nSPS) is 10.8. The van der Waals surface area contributed by atoms with Gasteiger partial charge in [-0.15, -0.1) is 11.3 Å². The van der Waals surface area contributed by atoms with Crippen LogP contribution in [0.15, 0.2) is 41.3 Å². The minimum absolute atomic E-state index is 0.0917. The molecule has 0 aliphatic heterocycles. The minimum Gasteiger partial charge on any atom is -0.496 e. The molecule has 0 bridgehead atoms. The lowest BCUT2D eigenvalue weighted by molar-refractivity contribution is 0.0702. The molecule has 0 atom stereocenters. The van der Waals surface area contributed by atoms with E-state index in [2.05, 4.69) is 0 Å². The van der Waals surface area contributed by atoms with Gasteiger partial charge >= 0.3 is 5.97 Å². The van der Waals surface area contributed by atoms with Crippen LogP contribution < -0.4 is 10.3 Å². The van der Waals surface area contributed by atoms with Gasteiger partial charge in [-0.05, 0) is 29.8 Å². The molecule has 5 nitrogen and oxygen atoms in total. The molecule has 0 aliphatic carbocycles. The van der Waals surface area contributed by atoms with Crippen LogP contribution in [0.5, 0.6) is 5.75 Å². The van der Waals surface area contributed by atoms with Gasteiger partial charge in [0.1, 0.15) is 10.6 Å². The summed E-state index contributed by atoms with van der Waals surface area (Å²) >= 11 is 1.20. The largest absolute Gasteiger partial charge is 0.496 e. The number of carbonyl (C=O) groups is 1. The van der Waals surface area contributed by atoms with Crippen molar-refractivity contribution < 1.29 is 14.6 Å². The number of methoxy groups -OCH3 is 1. The van der Waals surface area contributed by atoms with E-state index in [1.54, 1.807) is 38.6 Å². The first kappa shape index (κ1) is 14.3. The van der Waals surface area contributed by atoms with E-state index < -0.39 is 5.97 Å². The maximum Gasteiger partial charge on any atom is 0.345 e. The maximum absolute atomic E-state index is 11.5. The molecular weight excluding hydrogens is 302 g/mol. The monoisotopic (exact) mass is 315 g/mol. The third-order valence-electron chi connectivity index (χ3n) is 3.47. The van der Waals surface area contributed by atoms with Gasteiger partial charge in [0.05, 0.1) is 7.11 Å². The highest BCUT2D eigenvalue weighted by atomic mass is 32.1. The summed E-state index contributed by atoms with van der Waals surface area (Å²) < 4.78 is 7.64. The zero-order valence-electron chi connectivity index (χ0n) is 12.0. The zero-order chi connectivity index (χ0) is 15.9. The van der Waals surface area contributed by atoms with E-state index in [-0.39, 0.29) is 10.4 Å². The van der Waals surface area contributed by atoms with Crippen LogP contribution >= 0.6 is 11.3 Å². The molecule has 0 saturated heterocycles. The van der Waals surface area contributed by atoms with Gasteiger partial charge in [-0.3, -0.25) is 4.79 Å². The van der Waals surface area contributed by atoms with E-state index in [1.165, 1.54) is 22.0 Å². The van der Waals surface area contributed by atoms with E-state index in [0.717, 1.165) is 21.2 Å². The number of aryl methyl sites for hydroxylation is 1. The van der Waals surface area contributed by atoms with Crippen molar-refractivity contribution in [2.75, 3.05) is 7.11 Å². The molecule has 0 unspecified atom stereocenters. The topological polar surface area (TPSA) is 68.5 Å². The van der Waals surface area contributed by atoms with E-state index in [0.29, 0.717) is 5.75 Å². The van der Waals surface area contributed by atoms with E-state index >= 15 is 0 Å². The van der Waals surface area contributed by atoms with Gasteiger partial charge in [0.25, 0.3) is 0 Å². The lowest BCUT2D eigenvalue weighted by Crippen LogP contribution is -2.13. The van der Waals surface area contributed by atoms with Crippen molar-refractivity contribution in [2.45, 2.75) is 0 Å². The summed E-state index contributed by atoms with van der Waals surface area (Å²) in [7, 11) is 3.24. The predicted molar refractivity (Wildman–Crippen MR) is 86.0 cm³/mol. The maximum atomic E-state index is 11.5. The molecule has 2 heterocycles. The Bertz CT molecular complexity index is 939. The highest BCUT2D eigenvalue weighted by Crippen LogP contribution is 2.39. The van der Waals surface area contributed by atoms with E-state index in [1.807, 2.05) is 6.07 Å². The van der Waals surface area contributed by atoms with Crippen molar-refractivity contribution in [1.29, 1.82) is 0 Å². The third kappa shape index (κ3) is 2.27. The number of aromatic carboxylic acids is 1. The summed E-state index contributed by atoms with van der Waals surface area (Å²) in [6.07, 6.45) is 1.74.